The molecule has 0 radical (unpaired) electrons. The van der Waals surface area contributed by atoms with Crippen LogP contribution in [0, 0.1) is 16.7 Å². The van der Waals surface area contributed by atoms with Crippen LogP contribution in [-0.4, -0.2) is 22.9 Å². The van der Waals surface area contributed by atoms with Crippen molar-refractivity contribution in [1.82, 2.24) is 0 Å². The van der Waals surface area contributed by atoms with Gasteiger partial charge >= 0.3 is 6.09 Å². The molecule has 0 spiro atoms. The lowest BCUT2D eigenvalue weighted by atomic mass is 9.80. The molecule has 0 bridgehead atoms. The van der Waals surface area contributed by atoms with Gasteiger partial charge in [-0.15, -0.1) is 0 Å². The number of phenolic OH excluding ortho intramolecular Hbond substituents is 1. The van der Waals surface area contributed by atoms with E-state index in [1.807, 2.05) is 19.9 Å². The molecular weight excluding hydrogens is 332 g/mol. The Bertz CT molecular complexity index is 777. The summed E-state index contributed by atoms with van der Waals surface area (Å²) in [6, 6.07) is 14.9. The number of ether oxygens (including phenoxy) is 1. The van der Waals surface area contributed by atoms with Gasteiger partial charge in [-0.1, -0.05) is 26.0 Å². The molecule has 2 aromatic carbocycles. The molecular formula is C20H22N2O4. The van der Waals surface area contributed by atoms with E-state index >= 15 is 0 Å². The number of carbonyl (C=O) groups is 1. The van der Waals surface area contributed by atoms with Gasteiger partial charge in [-0.3, -0.25) is 5.32 Å². The number of amides is 1. The van der Waals surface area contributed by atoms with Gasteiger partial charge in [0.15, 0.2) is 0 Å². The number of nitrogens with one attached hydrogen (secondary N) is 1. The largest absolute Gasteiger partial charge is 0.508 e. The molecule has 2 rings (SSSR count). The van der Waals surface area contributed by atoms with Gasteiger partial charge in [0, 0.05) is 17.7 Å². The van der Waals surface area contributed by atoms with Crippen LogP contribution < -0.4 is 5.32 Å². The average Bonchev–Trinajstić information content (AvgIpc) is 2.61. The number of rotatable bonds is 6. The Morgan fingerprint density at radius 2 is 1.81 bits per heavy atom. The molecule has 0 aliphatic carbocycles. The number of nitriles is 1. The van der Waals surface area contributed by atoms with E-state index in [9.17, 15) is 15.0 Å². The highest BCUT2D eigenvalue weighted by Crippen LogP contribution is 2.40. The number of aliphatic hydroxyl groups is 1. The van der Waals surface area contributed by atoms with Crippen molar-refractivity contribution in [2.24, 2.45) is 5.41 Å². The van der Waals surface area contributed by atoms with Crippen LogP contribution >= 0.6 is 0 Å². The number of nitrogens with zero attached hydrogens (tertiary/aromatic N) is 1. The number of carbonyl (C=O) groups excluding carboxylic acids is 1. The van der Waals surface area contributed by atoms with Crippen molar-refractivity contribution >= 4 is 11.8 Å². The van der Waals surface area contributed by atoms with Crippen LogP contribution in [0.4, 0.5) is 10.5 Å². The molecule has 0 saturated heterocycles. The predicted octanol–water partition coefficient (Wildman–Crippen LogP) is 3.96. The van der Waals surface area contributed by atoms with Crippen molar-refractivity contribution < 1.29 is 19.7 Å². The van der Waals surface area contributed by atoms with Crippen LogP contribution in [0.25, 0.3) is 0 Å². The molecule has 3 N–H and O–H groups in total. The quantitative estimate of drug-likeness (QED) is 0.728. The SMILES string of the molecule is CC(C)(CCO)[C@@H](OC(=O)Nc1ccc(C#N)cc1)c1ccc(O)cc1. The monoisotopic (exact) mass is 354 g/mol. The zero-order valence-electron chi connectivity index (χ0n) is 14.8. The van der Waals surface area contributed by atoms with Gasteiger partial charge < -0.3 is 14.9 Å². The lowest BCUT2D eigenvalue weighted by Crippen LogP contribution is -2.29. The molecule has 0 saturated carbocycles. The predicted molar refractivity (Wildman–Crippen MR) is 97.6 cm³/mol. The van der Waals surface area contributed by atoms with E-state index in [2.05, 4.69) is 5.32 Å². The van der Waals surface area contributed by atoms with E-state index < -0.39 is 17.6 Å². The van der Waals surface area contributed by atoms with Gasteiger partial charge in [0.1, 0.15) is 11.9 Å². The normalized spacial score (nSPS) is 12.1. The fourth-order valence-electron chi connectivity index (χ4n) is 2.63. The molecule has 1 atom stereocenters. The first-order valence-corrected chi connectivity index (χ1v) is 8.23. The van der Waals surface area contributed by atoms with Crippen LogP contribution in [-0.2, 0) is 4.74 Å². The van der Waals surface area contributed by atoms with Gasteiger partial charge in [-0.05, 0) is 48.4 Å². The van der Waals surface area contributed by atoms with Crippen molar-refractivity contribution in [1.29, 1.82) is 5.26 Å². The summed E-state index contributed by atoms with van der Waals surface area (Å²) in [7, 11) is 0. The highest BCUT2D eigenvalue weighted by Gasteiger charge is 2.34. The van der Waals surface area contributed by atoms with Gasteiger partial charge in [-0.2, -0.15) is 5.26 Å². The summed E-state index contributed by atoms with van der Waals surface area (Å²) in [5.74, 6) is 0.120. The first-order valence-electron chi connectivity index (χ1n) is 8.23. The molecule has 6 heteroatoms. The third-order valence-electron chi connectivity index (χ3n) is 4.15. The van der Waals surface area contributed by atoms with Crippen molar-refractivity contribution in [3.05, 3.63) is 59.7 Å². The highest BCUT2D eigenvalue weighted by atomic mass is 16.6. The van der Waals surface area contributed by atoms with Crippen molar-refractivity contribution in [3.63, 3.8) is 0 Å². The molecule has 0 aromatic heterocycles. The van der Waals surface area contributed by atoms with E-state index in [0.717, 1.165) is 5.56 Å². The summed E-state index contributed by atoms with van der Waals surface area (Å²) in [4.78, 5) is 12.4. The fourth-order valence-corrected chi connectivity index (χ4v) is 2.63. The molecule has 26 heavy (non-hydrogen) atoms. The number of aromatic hydroxyl groups is 1. The molecule has 0 unspecified atom stereocenters. The van der Waals surface area contributed by atoms with Crippen molar-refractivity contribution in [2.75, 3.05) is 11.9 Å². The van der Waals surface area contributed by atoms with Crippen LogP contribution in [0.2, 0.25) is 0 Å². The van der Waals surface area contributed by atoms with Crippen molar-refractivity contribution in [3.8, 4) is 11.8 Å². The van der Waals surface area contributed by atoms with Gasteiger partial charge in [0.05, 0.1) is 11.6 Å². The maximum Gasteiger partial charge on any atom is 0.412 e. The molecule has 1 amide bonds. The zero-order valence-corrected chi connectivity index (χ0v) is 14.8. The summed E-state index contributed by atoms with van der Waals surface area (Å²) >= 11 is 0. The van der Waals surface area contributed by atoms with E-state index in [1.165, 1.54) is 12.1 Å². The van der Waals surface area contributed by atoms with Crippen LogP contribution in [0.3, 0.4) is 0 Å². The van der Waals surface area contributed by atoms with E-state index in [-0.39, 0.29) is 12.4 Å². The summed E-state index contributed by atoms with van der Waals surface area (Å²) in [6.45, 7) is 3.76. The van der Waals surface area contributed by atoms with E-state index in [1.54, 1.807) is 36.4 Å². The number of hydrogen-bond acceptors (Lipinski definition) is 5. The summed E-state index contributed by atoms with van der Waals surface area (Å²) in [5, 5.41) is 30.3. The molecule has 2 aromatic rings. The topological polar surface area (TPSA) is 103 Å². The minimum Gasteiger partial charge on any atom is -0.508 e. The van der Waals surface area contributed by atoms with Crippen LogP contribution in [0.15, 0.2) is 48.5 Å². The average molecular weight is 354 g/mol. The number of hydrogen-bond donors (Lipinski definition) is 3. The molecule has 0 fully saturated rings. The molecule has 136 valence electrons. The second-order valence-corrected chi connectivity index (χ2v) is 6.65. The number of phenols is 1. The van der Waals surface area contributed by atoms with Crippen LogP contribution in [0.1, 0.15) is 37.5 Å². The number of aliphatic hydroxyl groups excluding tert-OH is 1. The Morgan fingerprint density at radius 3 is 2.35 bits per heavy atom. The highest BCUT2D eigenvalue weighted by molar-refractivity contribution is 5.84. The maximum absolute atomic E-state index is 12.4. The van der Waals surface area contributed by atoms with Crippen molar-refractivity contribution in [2.45, 2.75) is 26.4 Å². The smallest absolute Gasteiger partial charge is 0.412 e. The minimum absolute atomic E-state index is 0.0395. The molecule has 6 nitrogen and oxygen atoms in total. The Balaban J connectivity index is 2.18. The standard InChI is InChI=1S/C20H22N2O4/c1-20(2,11-12-23)18(15-5-9-17(24)10-6-15)26-19(25)22-16-7-3-14(13-21)4-8-16/h3-10,18,23-24H,11-12H2,1-2H3,(H,22,25)/t18-/m0/s1. The van der Waals surface area contributed by atoms with Gasteiger partial charge in [-0.25, -0.2) is 4.79 Å². The summed E-state index contributed by atoms with van der Waals surface area (Å²) < 4.78 is 5.65. The summed E-state index contributed by atoms with van der Waals surface area (Å²) in [6.07, 6.45) is -0.824. The lowest BCUT2D eigenvalue weighted by Gasteiger charge is -2.33. The Hall–Kier alpha value is -3.04. The second-order valence-electron chi connectivity index (χ2n) is 6.65. The third-order valence-corrected chi connectivity index (χ3v) is 4.15. The number of anilines is 1. The Kier molecular flexibility index (Phi) is 6.21. The third kappa shape index (κ3) is 4.98. The Labute approximate surface area is 152 Å². The van der Waals surface area contributed by atoms with E-state index in [4.69, 9.17) is 10.00 Å². The first-order chi connectivity index (χ1) is 12.4. The molecule has 0 aliphatic rings. The van der Waals surface area contributed by atoms with Gasteiger partial charge in [0.25, 0.3) is 0 Å². The zero-order chi connectivity index (χ0) is 19.2. The lowest BCUT2D eigenvalue weighted by molar-refractivity contribution is 0.0152. The summed E-state index contributed by atoms with van der Waals surface area (Å²) in [5.41, 5.74) is 1.21. The first kappa shape index (κ1) is 19.3. The molecule has 0 heterocycles. The minimum atomic E-state index is -0.640. The Morgan fingerprint density at radius 1 is 1.19 bits per heavy atom. The van der Waals surface area contributed by atoms with Gasteiger partial charge in [0.2, 0.25) is 0 Å². The maximum atomic E-state index is 12.4. The second kappa shape index (κ2) is 8.37. The van der Waals surface area contributed by atoms with E-state index in [0.29, 0.717) is 17.7 Å². The number of benzene rings is 2. The molecule has 0 aliphatic heterocycles. The fraction of sp³-hybridized carbons (Fsp3) is 0.300. The van der Waals surface area contributed by atoms with Crippen LogP contribution in [0.5, 0.6) is 5.75 Å².